The van der Waals surface area contributed by atoms with Crippen molar-refractivity contribution in [2.45, 2.75) is 32.2 Å². The van der Waals surface area contributed by atoms with Crippen LogP contribution in [-0.2, 0) is 0 Å². The molecule has 2 aromatic rings. The molecule has 2 nitrogen and oxygen atoms in total. The van der Waals surface area contributed by atoms with Gasteiger partial charge < -0.3 is 10.4 Å². The first kappa shape index (κ1) is 14.8. The van der Waals surface area contributed by atoms with E-state index in [1.54, 1.807) is 6.07 Å². The normalized spacial score (nSPS) is 24.9. The fourth-order valence-corrected chi connectivity index (χ4v) is 4.50. The van der Waals surface area contributed by atoms with E-state index in [1.165, 1.54) is 22.4 Å². The van der Waals surface area contributed by atoms with Crippen LogP contribution in [0.3, 0.4) is 0 Å². The highest BCUT2D eigenvalue weighted by Gasteiger charge is 2.40. The average molecular weight is 370 g/mol. The topological polar surface area (TPSA) is 32.3 Å². The van der Waals surface area contributed by atoms with Crippen LogP contribution in [0.4, 0.5) is 5.69 Å². The van der Waals surface area contributed by atoms with Gasteiger partial charge in [-0.2, -0.15) is 0 Å². The third-order valence-electron chi connectivity index (χ3n) is 5.27. The number of anilines is 1. The van der Waals surface area contributed by atoms with E-state index in [0.717, 1.165) is 16.5 Å². The van der Waals surface area contributed by atoms with Gasteiger partial charge in [0.2, 0.25) is 0 Å². The average Bonchev–Trinajstić information content (AvgIpc) is 3.02. The summed E-state index contributed by atoms with van der Waals surface area (Å²) in [5.74, 6) is 1.24. The van der Waals surface area contributed by atoms with Crippen molar-refractivity contribution in [3.63, 3.8) is 0 Å². The largest absolute Gasteiger partial charge is 0.508 e. The molecule has 0 spiro atoms. The van der Waals surface area contributed by atoms with E-state index in [1.807, 2.05) is 12.1 Å². The highest BCUT2D eigenvalue weighted by atomic mass is 79.9. The molecule has 23 heavy (non-hydrogen) atoms. The van der Waals surface area contributed by atoms with E-state index in [-0.39, 0.29) is 6.04 Å². The van der Waals surface area contributed by atoms with Gasteiger partial charge in [-0.25, -0.2) is 0 Å². The lowest BCUT2D eigenvalue weighted by atomic mass is 9.75. The lowest BCUT2D eigenvalue weighted by Crippen LogP contribution is -2.30. The van der Waals surface area contributed by atoms with Crippen LogP contribution in [-0.4, -0.2) is 5.11 Å². The van der Waals surface area contributed by atoms with Crippen molar-refractivity contribution in [1.29, 1.82) is 0 Å². The van der Waals surface area contributed by atoms with Gasteiger partial charge in [-0.1, -0.05) is 40.2 Å². The van der Waals surface area contributed by atoms with Crippen molar-refractivity contribution >= 4 is 21.6 Å². The van der Waals surface area contributed by atoms with Gasteiger partial charge in [0.15, 0.2) is 0 Å². The zero-order valence-corrected chi connectivity index (χ0v) is 14.9. The maximum Gasteiger partial charge on any atom is 0.120 e. The van der Waals surface area contributed by atoms with Crippen LogP contribution in [0.25, 0.3) is 0 Å². The number of rotatable bonds is 1. The molecule has 0 fully saturated rings. The quantitative estimate of drug-likeness (QED) is 0.641. The first-order chi connectivity index (χ1) is 11.1. The number of allylic oxidation sites excluding steroid dienone is 2. The zero-order chi connectivity index (χ0) is 16.1. The zero-order valence-electron chi connectivity index (χ0n) is 13.3. The Hall–Kier alpha value is -1.74. The Balaban J connectivity index is 1.88. The van der Waals surface area contributed by atoms with Crippen LogP contribution in [0.2, 0.25) is 0 Å². The number of aryl methyl sites for hydroxylation is 2. The molecule has 1 aliphatic heterocycles. The molecular formula is C20H20BrNO. The summed E-state index contributed by atoms with van der Waals surface area (Å²) in [4.78, 5) is 0. The molecule has 0 aromatic heterocycles. The summed E-state index contributed by atoms with van der Waals surface area (Å²) in [6.45, 7) is 4.35. The summed E-state index contributed by atoms with van der Waals surface area (Å²) in [5, 5.41) is 14.1. The molecule has 2 N–H and O–H groups in total. The maximum absolute atomic E-state index is 10.4. The molecule has 4 rings (SSSR count). The molecule has 3 unspecified atom stereocenters. The number of phenolic OH excluding ortho intramolecular Hbond substituents is 1. The fraction of sp³-hybridized carbons (Fsp3) is 0.300. The number of aromatic hydroxyl groups is 1. The number of hydrogen-bond acceptors (Lipinski definition) is 2. The summed E-state index contributed by atoms with van der Waals surface area (Å²) < 4.78 is 1.00. The Morgan fingerprint density at radius 1 is 1.13 bits per heavy atom. The van der Waals surface area contributed by atoms with Crippen LogP contribution in [0, 0.1) is 19.8 Å². The predicted octanol–water partition coefficient (Wildman–Crippen LogP) is 5.60. The number of halogens is 1. The molecule has 1 heterocycles. The summed E-state index contributed by atoms with van der Waals surface area (Å²) in [6.07, 6.45) is 5.68. The Morgan fingerprint density at radius 2 is 1.91 bits per heavy atom. The third-order valence-corrected chi connectivity index (χ3v) is 5.76. The monoisotopic (exact) mass is 369 g/mol. The van der Waals surface area contributed by atoms with Crippen molar-refractivity contribution in [2.24, 2.45) is 5.92 Å². The standard InChI is InChI=1S/C20H20BrNO/c1-11-6-7-12(2)19-18(11)14-4-3-5-15(14)20(22-19)16-10-13(21)8-9-17(16)23/h3-4,6-10,14-15,20,22-23H,5H2,1-2H3. The molecule has 3 atom stereocenters. The molecule has 2 aromatic carbocycles. The van der Waals surface area contributed by atoms with Crippen molar-refractivity contribution < 1.29 is 5.11 Å². The molecule has 0 bridgehead atoms. The van der Waals surface area contributed by atoms with Crippen molar-refractivity contribution in [1.82, 2.24) is 0 Å². The first-order valence-electron chi connectivity index (χ1n) is 8.08. The van der Waals surface area contributed by atoms with Gasteiger partial charge in [-0.05, 0) is 61.1 Å². The fourth-order valence-electron chi connectivity index (χ4n) is 4.12. The SMILES string of the molecule is Cc1ccc(C)c2c1NC(c1cc(Br)ccc1O)C1CC=CC21. The van der Waals surface area contributed by atoms with E-state index in [2.05, 4.69) is 59.4 Å². The molecule has 3 heteroatoms. The summed E-state index contributed by atoms with van der Waals surface area (Å²) in [6, 6.07) is 10.2. The number of phenols is 1. The minimum absolute atomic E-state index is 0.125. The van der Waals surface area contributed by atoms with Gasteiger partial charge in [0.25, 0.3) is 0 Å². The van der Waals surface area contributed by atoms with Crippen molar-refractivity contribution in [2.75, 3.05) is 5.32 Å². The minimum Gasteiger partial charge on any atom is -0.508 e. The van der Waals surface area contributed by atoms with Gasteiger partial charge in [-0.3, -0.25) is 0 Å². The highest BCUT2D eigenvalue weighted by Crippen LogP contribution is 2.52. The Labute approximate surface area is 145 Å². The summed E-state index contributed by atoms with van der Waals surface area (Å²) in [5.41, 5.74) is 6.25. The second-order valence-electron chi connectivity index (χ2n) is 6.67. The molecule has 0 saturated heterocycles. The number of fused-ring (bicyclic) bond motifs is 3. The third kappa shape index (κ3) is 2.29. The lowest BCUT2D eigenvalue weighted by molar-refractivity contribution is 0.401. The van der Waals surface area contributed by atoms with E-state index in [4.69, 9.17) is 0 Å². The Bertz CT molecular complexity index is 812. The van der Waals surface area contributed by atoms with Gasteiger partial charge >= 0.3 is 0 Å². The molecule has 0 saturated carbocycles. The van der Waals surface area contributed by atoms with Gasteiger partial charge in [0, 0.05) is 21.6 Å². The highest BCUT2D eigenvalue weighted by molar-refractivity contribution is 9.10. The van der Waals surface area contributed by atoms with Gasteiger partial charge in [0.1, 0.15) is 5.75 Å². The molecule has 0 amide bonds. The second-order valence-corrected chi connectivity index (χ2v) is 7.58. The minimum atomic E-state index is 0.125. The van der Waals surface area contributed by atoms with E-state index < -0.39 is 0 Å². The first-order valence-corrected chi connectivity index (χ1v) is 8.87. The van der Waals surface area contributed by atoms with Crippen molar-refractivity contribution in [3.05, 3.63) is 69.2 Å². The molecule has 1 aliphatic carbocycles. The van der Waals surface area contributed by atoms with Crippen LogP contribution in [0.5, 0.6) is 5.75 Å². The maximum atomic E-state index is 10.4. The van der Waals surface area contributed by atoms with Crippen LogP contribution >= 0.6 is 15.9 Å². The van der Waals surface area contributed by atoms with Crippen LogP contribution < -0.4 is 5.32 Å². The number of benzene rings is 2. The molecule has 0 radical (unpaired) electrons. The van der Waals surface area contributed by atoms with E-state index in [0.29, 0.717) is 17.6 Å². The molecular weight excluding hydrogens is 350 g/mol. The summed E-state index contributed by atoms with van der Waals surface area (Å²) in [7, 11) is 0. The lowest BCUT2D eigenvalue weighted by Gasteiger charge is -2.39. The second kappa shape index (κ2) is 5.41. The Morgan fingerprint density at radius 3 is 2.74 bits per heavy atom. The Kier molecular flexibility index (Phi) is 3.49. The van der Waals surface area contributed by atoms with Gasteiger partial charge in [0.05, 0.1) is 6.04 Å². The van der Waals surface area contributed by atoms with E-state index in [9.17, 15) is 5.11 Å². The van der Waals surface area contributed by atoms with Crippen molar-refractivity contribution in [3.8, 4) is 5.75 Å². The predicted molar refractivity (Wildman–Crippen MR) is 98.1 cm³/mol. The number of nitrogens with one attached hydrogen (secondary N) is 1. The summed E-state index contributed by atoms with van der Waals surface area (Å²) >= 11 is 3.54. The van der Waals surface area contributed by atoms with Crippen LogP contribution in [0.15, 0.2) is 47.0 Å². The van der Waals surface area contributed by atoms with Gasteiger partial charge in [-0.15, -0.1) is 0 Å². The smallest absolute Gasteiger partial charge is 0.120 e. The molecule has 2 aliphatic rings. The van der Waals surface area contributed by atoms with Crippen LogP contribution in [0.1, 0.15) is 40.6 Å². The van der Waals surface area contributed by atoms with E-state index >= 15 is 0 Å². The number of hydrogen-bond donors (Lipinski definition) is 2. The molecule has 118 valence electrons.